The largest absolute Gasteiger partial charge is 0.494 e. The Morgan fingerprint density at radius 3 is 2.26 bits per heavy atom. The third-order valence-electron chi connectivity index (χ3n) is 6.45. The predicted octanol–water partition coefficient (Wildman–Crippen LogP) is 5.33. The van der Waals surface area contributed by atoms with E-state index >= 15 is 0 Å². The molecule has 0 saturated carbocycles. The number of aromatic nitrogens is 3. The van der Waals surface area contributed by atoms with Crippen LogP contribution in [0.4, 0.5) is 28.1 Å². The van der Waals surface area contributed by atoms with Gasteiger partial charge < -0.3 is 29.7 Å². The van der Waals surface area contributed by atoms with Crippen molar-refractivity contribution in [1.82, 2.24) is 19.9 Å². The van der Waals surface area contributed by atoms with Gasteiger partial charge in [0.2, 0.25) is 11.9 Å². The molecule has 1 fully saturated rings. The lowest BCUT2D eigenvalue weighted by atomic mass is 10.1. The molecule has 4 rings (SSSR count). The molecule has 0 spiro atoms. The normalized spacial score (nSPS) is 14.4. The van der Waals surface area contributed by atoms with Crippen LogP contribution in [0.15, 0.2) is 53.7 Å². The lowest BCUT2D eigenvalue weighted by molar-refractivity contribution is 0.0126. The molecule has 1 aromatic heterocycles. The summed E-state index contributed by atoms with van der Waals surface area (Å²) in [5, 5.41) is 5.54. The number of ether oxygens (including phenoxy) is 3. The van der Waals surface area contributed by atoms with E-state index in [1.807, 2.05) is 26.8 Å². The summed E-state index contributed by atoms with van der Waals surface area (Å²) in [5.74, 6) is 1.56. The maximum absolute atomic E-state index is 12.8. The topological polar surface area (TPSA) is 145 Å². The van der Waals surface area contributed by atoms with Gasteiger partial charge in [0, 0.05) is 32.0 Å². The van der Waals surface area contributed by atoms with E-state index in [4.69, 9.17) is 14.2 Å². The molecule has 0 unspecified atom stereocenters. The van der Waals surface area contributed by atoms with Crippen molar-refractivity contribution in [2.75, 3.05) is 30.8 Å². The number of hydrogen-bond acceptors (Lipinski definition) is 11. The summed E-state index contributed by atoms with van der Waals surface area (Å²) < 4.78 is 42.9. The quantitative estimate of drug-likeness (QED) is 0.330. The predicted molar refractivity (Wildman–Crippen MR) is 160 cm³/mol. The smallest absolute Gasteiger partial charge is 0.410 e. The van der Waals surface area contributed by atoms with Gasteiger partial charge in [-0.2, -0.15) is 4.98 Å². The molecule has 1 amide bonds. The Balaban J connectivity index is 1.41. The molecule has 0 radical (unpaired) electrons. The first-order valence-electron chi connectivity index (χ1n) is 13.7. The van der Waals surface area contributed by atoms with E-state index in [1.165, 1.54) is 6.33 Å². The second kappa shape index (κ2) is 12.8. The van der Waals surface area contributed by atoms with E-state index in [1.54, 1.807) is 62.3 Å². The summed E-state index contributed by atoms with van der Waals surface area (Å²) in [6.45, 7) is 9.94. The second-order valence-electron chi connectivity index (χ2n) is 11.1. The number of likely N-dealkylation sites (tertiary alicyclic amines) is 1. The first-order chi connectivity index (χ1) is 19.9. The fraction of sp³-hybridized carbons (Fsp3) is 0.448. The molecule has 1 aliphatic rings. The number of nitrogens with zero attached hydrogens (tertiary/aromatic N) is 4. The highest BCUT2D eigenvalue weighted by Gasteiger charge is 2.28. The second-order valence-corrected chi connectivity index (χ2v) is 13.6. The molecule has 1 saturated heterocycles. The van der Waals surface area contributed by atoms with Gasteiger partial charge in [-0.1, -0.05) is 12.1 Å². The molecule has 0 atom stereocenters. The van der Waals surface area contributed by atoms with E-state index in [0.717, 1.165) is 0 Å². The third kappa shape index (κ3) is 7.78. The van der Waals surface area contributed by atoms with Crippen molar-refractivity contribution in [2.24, 2.45) is 0 Å². The average molecular weight is 599 g/mol. The number of carbonyl (C=O) groups is 1. The molecule has 1 aliphatic heterocycles. The molecule has 12 nitrogen and oxygen atoms in total. The first kappa shape index (κ1) is 30.8. The Hall–Kier alpha value is -4.13. The maximum Gasteiger partial charge on any atom is 0.410 e. The molecule has 2 N–H and O–H groups in total. The zero-order valence-corrected chi connectivity index (χ0v) is 25.6. The summed E-state index contributed by atoms with van der Waals surface area (Å²) in [4.78, 5) is 26.9. The Kier molecular flexibility index (Phi) is 9.40. The van der Waals surface area contributed by atoms with Crippen LogP contribution in [-0.4, -0.2) is 71.5 Å². The number of carbonyl (C=O) groups excluding carboxylic acids is 1. The van der Waals surface area contributed by atoms with Crippen molar-refractivity contribution in [3.8, 4) is 11.5 Å². The van der Waals surface area contributed by atoms with Crippen LogP contribution in [0.2, 0.25) is 0 Å². The van der Waals surface area contributed by atoms with E-state index in [9.17, 15) is 13.2 Å². The lowest BCUT2D eigenvalue weighted by Crippen LogP contribution is -2.44. The highest BCUT2D eigenvalue weighted by atomic mass is 32.2. The number of rotatable bonds is 9. The van der Waals surface area contributed by atoms with Gasteiger partial charge in [-0.15, -0.1) is 0 Å². The van der Waals surface area contributed by atoms with Gasteiger partial charge in [0.25, 0.3) is 0 Å². The van der Waals surface area contributed by atoms with Crippen LogP contribution in [0.25, 0.3) is 0 Å². The van der Waals surface area contributed by atoms with Crippen molar-refractivity contribution in [1.29, 1.82) is 0 Å². The molecule has 226 valence electrons. The number of nitrogens with one attached hydrogen (secondary N) is 2. The Bertz CT molecular complexity index is 1500. The number of sulfone groups is 1. The van der Waals surface area contributed by atoms with Crippen LogP contribution < -0.4 is 20.1 Å². The van der Waals surface area contributed by atoms with Gasteiger partial charge in [0.05, 0.1) is 28.6 Å². The van der Waals surface area contributed by atoms with Gasteiger partial charge >= 0.3 is 6.09 Å². The standard InChI is InChI=1S/C29H38N6O6S/c1-19(2)42(37,38)25-10-8-7-9-23(25)33-27-31-18-30-26(34-27)32-22-12-11-21(17-24(22)39-6)40-20-13-15-35(16-14-20)28(36)41-29(3,4)5/h7-12,17-20H,13-16H2,1-6H3,(H2,30,31,32,33,34). The molecular formula is C29H38N6O6S. The minimum Gasteiger partial charge on any atom is -0.494 e. The van der Waals surface area contributed by atoms with Gasteiger partial charge in [0.1, 0.15) is 29.5 Å². The van der Waals surface area contributed by atoms with E-state index in [-0.39, 0.29) is 29.0 Å². The monoisotopic (exact) mass is 598 g/mol. The van der Waals surface area contributed by atoms with Gasteiger partial charge in [-0.05, 0) is 58.9 Å². The third-order valence-corrected chi connectivity index (χ3v) is 8.66. The molecule has 0 bridgehead atoms. The van der Waals surface area contributed by atoms with Crippen molar-refractivity contribution in [2.45, 2.75) is 69.3 Å². The van der Waals surface area contributed by atoms with E-state index < -0.39 is 20.7 Å². The van der Waals surface area contributed by atoms with Crippen molar-refractivity contribution in [3.05, 3.63) is 48.8 Å². The lowest BCUT2D eigenvalue weighted by Gasteiger charge is -2.33. The van der Waals surface area contributed by atoms with Crippen LogP contribution in [0.5, 0.6) is 11.5 Å². The number of piperidine rings is 1. The average Bonchev–Trinajstić information content (AvgIpc) is 2.93. The minimum absolute atomic E-state index is 0.0493. The van der Waals surface area contributed by atoms with Gasteiger partial charge in [-0.3, -0.25) is 0 Å². The summed E-state index contributed by atoms with van der Waals surface area (Å²) in [5.41, 5.74) is 0.446. The number of para-hydroxylation sites is 1. The fourth-order valence-electron chi connectivity index (χ4n) is 4.25. The number of methoxy groups -OCH3 is 1. The number of amides is 1. The minimum atomic E-state index is -3.52. The highest BCUT2D eigenvalue weighted by Crippen LogP contribution is 2.33. The van der Waals surface area contributed by atoms with Crippen LogP contribution in [0.1, 0.15) is 47.5 Å². The molecule has 3 aromatic rings. The van der Waals surface area contributed by atoms with Crippen LogP contribution in [-0.2, 0) is 14.6 Å². The SMILES string of the molecule is COc1cc(OC2CCN(C(=O)OC(C)(C)C)CC2)ccc1Nc1ncnc(Nc2ccccc2S(=O)(=O)C(C)C)n1. The van der Waals surface area contributed by atoms with E-state index in [0.29, 0.717) is 48.8 Å². The maximum atomic E-state index is 12.8. The van der Waals surface area contributed by atoms with Crippen LogP contribution in [0.3, 0.4) is 0 Å². The fourth-order valence-corrected chi connectivity index (χ4v) is 5.45. The summed E-state index contributed by atoms with van der Waals surface area (Å²) in [7, 11) is -1.97. The Labute approximate surface area is 246 Å². The van der Waals surface area contributed by atoms with Crippen LogP contribution >= 0.6 is 0 Å². The molecule has 13 heteroatoms. The van der Waals surface area contributed by atoms with Gasteiger partial charge in [-0.25, -0.2) is 23.2 Å². The first-order valence-corrected chi connectivity index (χ1v) is 15.3. The van der Waals surface area contributed by atoms with Crippen molar-refractivity contribution in [3.63, 3.8) is 0 Å². The molecule has 42 heavy (non-hydrogen) atoms. The summed E-state index contributed by atoms with van der Waals surface area (Å²) in [6.07, 6.45) is 2.34. The van der Waals surface area contributed by atoms with Crippen molar-refractivity contribution >= 4 is 39.2 Å². The summed E-state index contributed by atoms with van der Waals surface area (Å²) >= 11 is 0. The van der Waals surface area contributed by atoms with Crippen molar-refractivity contribution < 1.29 is 27.4 Å². The van der Waals surface area contributed by atoms with E-state index in [2.05, 4.69) is 25.6 Å². The number of anilines is 4. The number of hydrogen-bond donors (Lipinski definition) is 2. The zero-order chi connectivity index (χ0) is 30.5. The van der Waals surface area contributed by atoms with Gasteiger partial charge in [0.15, 0.2) is 9.84 Å². The summed E-state index contributed by atoms with van der Waals surface area (Å²) in [6, 6.07) is 12.0. The Morgan fingerprint density at radius 2 is 1.64 bits per heavy atom. The molecule has 2 heterocycles. The highest BCUT2D eigenvalue weighted by molar-refractivity contribution is 7.92. The Morgan fingerprint density at radius 1 is 1.00 bits per heavy atom. The zero-order valence-electron chi connectivity index (χ0n) is 24.7. The van der Waals surface area contributed by atoms with Crippen LogP contribution in [0, 0.1) is 0 Å². The molecule has 0 aliphatic carbocycles. The number of benzene rings is 2. The molecular weight excluding hydrogens is 560 g/mol. The molecule has 2 aromatic carbocycles.